The standard InChI is InChI=1S/C21H20ClNO5.C19H19P/c1-5-28-21(24)19-18(12-6-8-13(25-2)9-7-12)14-10-16(26-3)17(27-4)11-15(14)23-20(19)22;1-20(17-11-5-2-6-12-17,18-13-7-3-8-14-18)19-15-9-4-10-16-19/h6-11H,5H2,1-4H3;2-16,20H,1H3. The third-order valence-corrected chi connectivity index (χ3v) is 13.1. The maximum absolute atomic E-state index is 12.7. The Balaban J connectivity index is 0.000000198. The molecule has 0 radical (unpaired) electrons. The third kappa shape index (κ3) is 7.16. The summed E-state index contributed by atoms with van der Waals surface area (Å²) in [5, 5.41) is 5.12. The van der Waals surface area contributed by atoms with Gasteiger partial charge in [-0.3, -0.25) is 0 Å². The zero-order valence-corrected chi connectivity index (χ0v) is 29.5. The van der Waals surface area contributed by atoms with Crippen LogP contribution in [0.4, 0.5) is 0 Å². The van der Waals surface area contributed by atoms with Crippen LogP contribution in [-0.2, 0) is 4.74 Å². The average Bonchev–Trinajstić information content (AvgIpc) is 3.14. The van der Waals surface area contributed by atoms with Crippen molar-refractivity contribution in [1.29, 1.82) is 0 Å². The number of nitrogens with zero attached hydrogens (tertiary/aromatic N) is 1. The molecule has 0 saturated heterocycles. The molecule has 48 heavy (non-hydrogen) atoms. The van der Waals surface area contributed by atoms with Crippen molar-refractivity contribution in [2.24, 2.45) is 0 Å². The summed E-state index contributed by atoms with van der Waals surface area (Å²) < 4.78 is 21.2. The van der Waals surface area contributed by atoms with Gasteiger partial charge in [-0.05, 0) is 30.7 Å². The van der Waals surface area contributed by atoms with Crippen LogP contribution in [0, 0.1) is 0 Å². The average molecular weight is 680 g/mol. The van der Waals surface area contributed by atoms with E-state index in [-0.39, 0.29) is 17.3 Å². The Bertz CT molecular complexity index is 1870. The molecule has 0 aliphatic heterocycles. The Morgan fingerprint density at radius 2 is 1.17 bits per heavy atom. The first kappa shape index (κ1) is 34.4. The van der Waals surface area contributed by atoms with Crippen molar-refractivity contribution < 1.29 is 23.7 Å². The van der Waals surface area contributed by atoms with Gasteiger partial charge in [0.1, 0.15) is 16.5 Å². The molecule has 246 valence electrons. The van der Waals surface area contributed by atoms with Crippen molar-refractivity contribution in [1.82, 2.24) is 4.98 Å². The number of aromatic nitrogens is 1. The second kappa shape index (κ2) is 15.8. The molecular weight excluding hydrogens is 641 g/mol. The first-order valence-corrected chi connectivity index (χ1v) is 18.5. The van der Waals surface area contributed by atoms with E-state index in [0.717, 1.165) is 5.56 Å². The quantitative estimate of drug-likeness (QED) is 0.0874. The molecular formula is C40H39ClNO5P. The Labute approximate surface area is 287 Å². The van der Waals surface area contributed by atoms with Gasteiger partial charge >= 0.3 is 127 Å². The van der Waals surface area contributed by atoms with Gasteiger partial charge in [0.25, 0.3) is 0 Å². The summed E-state index contributed by atoms with van der Waals surface area (Å²) in [5.74, 6) is 1.19. The summed E-state index contributed by atoms with van der Waals surface area (Å²) in [4.78, 5) is 17.1. The molecule has 0 atom stereocenters. The molecule has 0 spiro atoms. The number of esters is 1. The predicted octanol–water partition coefficient (Wildman–Crippen LogP) is 8.10. The van der Waals surface area contributed by atoms with Crippen LogP contribution in [-0.4, -0.2) is 45.6 Å². The van der Waals surface area contributed by atoms with Gasteiger partial charge in [-0.2, -0.15) is 0 Å². The molecule has 6 rings (SSSR count). The monoisotopic (exact) mass is 679 g/mol. The number of pyridine rings is 1. The number of benzene rings is 5. The predicted molar refractivity (Wildman–Crippen MR) is 200 cm³/mol. The van der Waals surface area contributed by atoms with Crippen LogP contribution in [0.2, 0.25) is 5.15 Å². The number of methoxy groups -OCH3 is 3. The van der Waals surface area contributed by atoms with Gasteiger partial charge in [-0.15, -0.1) is 0 Å². The van der Waals surface area contributed by atoms with Crippen molar-refractivity contribution in [3.05, 3.63) is 138 Å². The first-order valence-electron chi connectivity index (χ1n) is 15.6. The van der Waals surface area contributed by atoms with Gasteiger partial charge in [0.15, 0.2) is 11.5 Å². The van der Waals surface area contributed by atoms with Gasteiger partial charge in [-0.1, -0.05) is 23.7 Å². The fourth-order valence-electron chi connectivity index (χ4n) is 5.82. The number of halogens is 1. The van der Waals surface area contributed by atoms with Crippen LogP contribution < -0.4 is 30.1 Å². The molecule has 0 fully saturated rings. The molecule has 0 bridgehead atoms. The van der Waals surface area contributed by atoms with Crippen LogP contribution >= 0.6 is 18.9 Å². The van der Waals surface area contributed by atoms with E-state index in [1.807, 2.05) is 24.3 Å². The number of carbonyl (C=O) groups is 1. The van der Waals surface area contributed by atoms with E-state index in [0.29, 0.717) is 33.7 Å². The molecule has 0 saturated carbocycles. The van der Waals surface area contributed by atoms with E-state index in [2.05, 4.69) is 103 Å². The van der Waals surface area contributed by atoms with E-state index < -0.39 is 13.2 Å². The number of fused-ring (bicyclic) bond motifs is 1. The van der Waals surface area contributed by atoms with Crippen molar-refractivity contribution in [2.45, 2.75) is 6.92 Å². The van der Waals surface area contributed by atoms with Crippen LogP contribution in [0.3, 0.4) is 0 Å². The van der Waals surface area contributed by atoms with E-state index in [1.54, 1.807) is 40.4 Å². The Kier molecular flexibility index (Phi) is 11.3. The zero-order chi connectivity index (χ0) is 34.1. The molecule has 1 heterocycles. The maximum atomic E-state index is 12.7. The van der Waals surface area contributed by atoms with Crippen LogP contribution in [0.5, 0.6) is 17.2 Å². The number of ether oxygens (including phenoxy) is 4. The molecule has 0 aliphatic rings. The second-order valence-electron chi connectivity index (χ2n) is 11.0. The molecule has 0 amide bonds. The van der Waals surface area contributed by atoms with E-state index in [4.69, 9.17) is 30.5 Å². The van der Waals surface area contributed by atoms with Gasteiger partial charge in [0, 0.05) is 17.0 Å². The van der Waals surface area contributed by atoms with Gasteiger partial charge in [-0.25, -0.2) is 9.78 Å². The number of hydrogen-bond donors (Lipinski definition) is 0. The molecule has 0 N–H and O–H groups in total. The molecule has 0 unspecified atom stereocenters. The van der Waals surface area contributed by atoms with Crippen molar-refractivity contribution >= 4 is 51.6 Å². The van der Waals surface area contributed by atoms with E-state index in [1.165, 1.54) is 15.9 Å². The van der Waals surface area contributed by atoms with Crippen molar-refractivity contribution in [3.8, 4) is 28.4 Å². The normalized spacial score (nSPS) is 11.2. The summed E-state index contributed by atoms with van der Waals surface area (Å²) in [6, 6.07) is 43.6. The summed E-state index contributed by atoms with van der Waals surface area (Å²) in [6.07, 6.45) is 0. The topological polar surface area (TPSA) is 66.9 Å². The summed E-state index contributed by atoms with van der Waals surface area (Å²) >= 11 is 6.41. The minimum absolute atomic E-state index is 0.0592. The molecule has 6 nitrogen and oxygen atoms in total. The Morgan fingerprint density at radius 1 is 0.688 bits per heavy atom. The van der Waals surface area contributed by atoms with Crippen LogP contribution in [0.25, 0.3) is 22.0 Å². The van der Waals surface area contributed by atoms with Crippen LogP contribution in [0.15, 0.2) is 127 Å². The van der Waals surface area contributed by atoms with Crippen LogP contribution in [0.1, 0.15) is 17.3 Å². The SMILES string of the molecule is CCOC(=O)c1c(Cl)nc2cc(OC)c(OC)cc2c1-c1ccc(OC)cc1.C[PH](c1ccccc1)(c1ccccc1)c1ccccc1. The van der Waals surface area contributed by atoms with Gasteiger partial charge in [0.2, 0.25) is 0 Å². The number of rotatable bonds is 9. The van der Waals surface area contributed by atoms with E-state index in [9.17, 15) is 4.79 Å². The zero-order valence-electron chi connectivity index (χ0n) is 27.7. The molecule has 6 aromatic rings. The number of hydrogen-bond acceptors (Lipinski definition) is 6. The summed E-state index contributed by atoms with van der Waals surface area (Å²) in [7, 11) is 2.81. The first-order chi connectivity index (χ1) is 23.3. The Morgan fingerprint density at radius 3 is 1.60 bits per heavy atom. The van der Waals surface area contributed by atoms with Crippen molar-refractivity contribution in [2.75, 3.05) is 34.6 Å². The molecule has 5 aromatic carbocycles. The fraction of sp³-hybridized carbons (Fsp3) is 0.150. The van der Waals surface area contributed by atoms with Gasteiger partial charge in [0.05, 0.1) is 33.5 Å². The summed E-state index contributed by atoms with van der Waals surface area (Å²) in [5.41, 5.74) is 2.15. The number of carbonyl (C=O) groups excluding carboxylic acids is 1. The Hall–Kier alpha value is -4.90. The molecule has 1 aromatic heterocycles. The molecule has 8 heteroatoms. The van der Waals surface area contributed by atoms with Gasteiger partial charge < -0.3 is 18.9 Å². The molecule has 0 aliphatic carbocycles. The second-order valence-corrected chi connectivity index (χ2v) is 15.4. The summed E-state index contributed by atoms with van der Waals surface area (Å²) in [6.45, 7) is 4.40. The van der Waals surface area contributed by atoms with E-state index >= 15 is 0 Å². The third-order valence-electron chi connectivity index (χ3n) is 8.36. The minimum atomic E-state index is -1.88. The fourth-order valence-corrected chi connectivity index (χ4v) is 9.66. The van der Waals surface area contributed by atoms with Crippen molar-refractivity contribution in [3.63, 3.8) is 0 Å².